The van der Waals surface area contributed by atoms with Gasteiger partial charge in [-0.05, 0) is 44.4 Å². The molecule has 0 bridgehead atoms. The van der Waals surface area contributed by atoms with Gasteiger partial charge in [-0.15, -0.1) is 0 Å². The van der Waals surface area contributed by atoms with E-state index < -0.39 is 5.54 Å². The summed E-state index contributed by atoms with van der Waals surface area (Å²) in [6.45, 7) is 4.45. The normalized spacial score (nSPS) is 27.1. The van der Waals surface area contributed by atoms with Crippen LogP contribution in [0.25, 0.3) is 0 Å². The number of amides is 2. The van der Waals surface area contributed by atoms with E-state index in [9.17, 15) is 9.59 Å². The largest absolute Gasteiger partial charge is 0.341 e. The molecule has 2 N–H and O–H groups in total. The molecule has 26 heavy (non-hydrogen) atoms. The Kier molecular flexibility index (Phi) is 5.88. The van der Waals surface area contributed by atoms with Gasteiger partial charge in [0.25, 0.3) is 5.91 Å². The zero-order chi connectivity index (χ0) is 18.7. The van der Waals surface area contributed by atoms with Gasteiger partial charge in [0.05, 0.1) is 5.92 Å². The number of carbonyl (C=O) groups is 2. The summed E-state index contributed by atoms with van der Waals surface area (Å²) in [5, 5.41) is 0.557. The minimum absolute atomic E-state index is 0.0249. The van der Waals surface area contributed by atoms with Crippen LogP contribution in [0.3, 0.4) is 0 Å². The molecule has 1 aliphatic carbocycles. The lowest BCUT2D eigenvalue weighted by atomic mass is 9.74. The maximum atomic E-state index is 13.0. The van der Waals surface area contributed by atoms with E-state index in [2.05, 4.69) is 0 Å². The number of halogens is 1. The second-order valence-electron chi connectivity index (χ2n) is 7.79. The zero-order valence-electron chi connectivity index (χ0n) is 15.4. The van der Waals surface area contributed by atoms with E-state index in [-0.39, 0.29) is 17.7 Å². The highest BCUT2D eigenvalue weighted by Gasteiger charge is 2.40. The van der Waals surface area contributed by atoms with Crippen molar-refractivity contribution in [3.8, 4) is 0 Å². The van der Waals surface area contributed by atoms with Crippen molar-refractivity contribution in [3.05, 3.63) is 34.9 Å². The lowest BCUT2D eigenvalue weighted by Gasteiger charge is -2.39. The first kappa shape index (κ1) is 19.2. The first-order valence-corrected chi connectivity index (χ1v) is 9.89. The topological polar surface area (TPSA) is 66.6 Å². The maximum Gasteiger partial charge on any atom is 0.253 e. The Morgan fingerprint density at radius 1 is 1.12 bits per heavy atom. The standard InChI is InChI=1S/C20H28ClN3O2/c1-20(22)9-3-2-8-17(20)19(26)24-11-5-10-23(12-13-24)18(25)15-6-4-7-16(21)14-15/h4,6-7,14,17H,2-3,5,8-13,22H2,1H3. The number of rotatable bonds is 2. The molecular formula is C20H28ClN3O2. The van der Waals surface area contributed by atoms with Gasteiger partial charge in [-0.1, -0.05) is 30.5 Å². The van der Waals surface area contributed by atoms with Crippen molar-refractivity contribution in [2.75, 3.05) is 26.2 Å². The smallest absolute Gasteiger partial charge is 0.253 e. The summed E-state index contributed by atoms with van der Waals surface area (Å²) in [5.74, 6) is 0.0290. The molecule has 2 unspecified atom stereocenters. The van der Waals surface area contributed by atoms with Crippen molar-refractivity contribution >= 4 is 23.4 Å². The maximum absolute atomic E-state index is 13.0. The van der Waals surface area contributed by atoms with Crippen LogP contribution in [0.5, 0.6) is 0 Å². The fourth-order valence-corrected chi connectivity index (χ4v) is 4.32. The van der Waals surface area contributed by atoms with E-state index >= 15 is 0 Å². The van der Waals surface area contributed by atoms with Crippen LogP contribution in [0.1, 0.15) is 49.4 Å². The second kappa shape index (κ2) is 7.97. The third-order valence-corrected chi connectivity index (χ3v) is 5.95. The number of carbonyl (C=O) groups excluding carboxylic acids is 2. The second-order valence-corrected chi connectivity index (χ2v) is 8.22. The fourth-order valence-electron chi connectivity index (χ4n) is 4.13. The average molecular weight is 378 g/mol. The van der Waals surface area contributed by atoms with E-state index in [1.54, 1.807) is 24.3 Å². The first-order chi connectivity index (χ1) is 12.4. The van der Waals surface area contributed by atoms with Crippen molar-refractivity contribution in [1.82, 2.24) is 9.80 Å². The number of nitrogens with two attached hydrogens (primary N) is 1. The third-order valence-electron chi connectivity index (χ3n) is 5.72. The van der Waals surface area contributed by atoms with E-state index in [1.807, 2.05) is 16.7 Å². The van der Waals surface area contributed by atoms with Gasteiger partial charge in [0.15, 0.2) is 0 Å². The van der Waals surface area contributed by atoms with E-state index in [4.69, 9.17) is 17.3 Å². The zero-order valence-corrected chi connectivity index (χ0v) is 16.2. The van der Waals surface area contributed by atoms with Crippen LogP contribution in [-0.4, -0.2) is 53.3 Å². The molecule has 3 rings (SSSR count). The van der Waals surface area contributed by atoms with Gasteiger partial charge in [0.1, 0.15) is 0 Å². The average Bonchev–Trinajstić information content (AvgIpc) is 2.86. The van der Waals surface area contributed by atoms with Gasteiger partial charge in [0, 0.05) is 42.3 Å². The van der Waals surface area contributed by atoms with Gasteiger partial charge < -0.3 is 15.5 Å². The third kappa shape index (κ3) is 4.21. The number of nitrogens with zero attached hydrogens (tertiary/aromatic N) is 2. The van der Waals surface area contributed by atoms with Crippen molar-refractivity contribution < 1.29 is 9.59 Å². The van der Waals surface area contributed by atoms with Crippen molar-refractivity contribution in [3.63, 3.8) is 0 Å². The highest BCUT2D eigenvalue weighted by atomic mass is 35.5. The molecule has 2 aliphatic rings. The quantitative estimate of drug-likeness (QED) is 0.861. The van der Waals surface area contributed by atoms with E-state index in [0.717, 1.165) is 32.1 Å². The predicted molar refractivity (Wildman–Crippen MR) is 103 cm³/mol. The van der Waals surface area contributed by atoms with Crippen LogP contribution in [0.15, 0.2) is 24.3 Å². The Hall–Kier alpha value is -1.59. The summed E-state index contributed by atoms with van der Waals surface area (Å²) < 4.78 is 0. The summed E-state index contributed by atoms with van der Waals surface area (Å²) in [6.07, 6.45) is 4.71. The molecule has 1 aliphatic heterocycles. The Balaban J connectivity index is 1.64. The van der Waals surface area contributed by atoms with Crippen molar-refractivity contribution in [1.29, 1.82) is 0 Å². The lowest BCUT2D eigenvalue weighted by molar-refractivity contribution is -0.138. The molecule has 2 atom stereocenters. The molecular weight excluding hydrogens is 350 g/mol. The Morgan fingerprint density at radius 3 is 2.58 bits per heavy atom. The molecule has 142 valence electrons. The van der Waals surface area contributed by atoms with Crippen LogP contribution in [0.2, 0.25) is 5.02 Å². The highest BCUT2D eigenvalue weighted by molar-refractivity contribution is 6.30. The van der Waals surface area contributed by atoms with Gasteiger partial charge in [-0.3, -0.25) is 9.59 Å². The van der Waals surface area contributed by atoms with Crippen LogP contribution in [0.4, 0.5) is 0 Å². The van der Waals surface area contributed by atoms with Gasteiger partial charge in [-0.2, -0.15) is 0 Å². The molecule has 1 saturated heterocycles. The van der Waals surface area contributed by atoms with E-state index in [1.165, 1.54) is 0 Å². The SMILES string of the molecule is CC1(N)CCCCC1C(=O)N1CCCN(C(=O)c2cccc(Cl)c2)CC1. The van der Waals surface area contributed by atoms with Crippen LogP contribution in [-0.2, 0) is 4.79 Å². The summed E-state index contributed by atoms with van der Waals surface area (Å²) in [6, 6.07) is 7.02. The van der Waals surface area contributed by atoms with E-state index in [0.29, 0.717) is 36.8 Å². The fraction of sp³-hybridized carbons (Fsp3) is 0.600. The summed E-state index contributed by atoms with van der Waals surface area (Å²) in [7, 11) is 0. The molecule has 1 aromatic rings. The van der Waals surface area contributed by atoms with Gasteiger partial charge in [0.2, 0.25) is 5.91 Å². The molecule has 1 aromatic carbocycles. The molecule has 1 saturated carbocycles. The Labute approximate surface area is 160 Å². The molecule has 6 heteroatoms. The van der Waals surface area contributed by atoms with Crippen LogP contribution < -0.4 is 5.73 Å². The molecule has 2 fully saturated rings. The monoisotopic (exact) mass is 377 g/mol. The molecule has 2 amide bonds. The number of hydrogen-bond acceptors (Lipinski definition) is 3. The molecule has 0 spiro atoms. The highest BCUT2D eigenvalue weighted by Crippen LogP contribution is 2.33. The molecule has 0 aromatic heterocycles. The van der Waals surface area contributed by atoms with Crippen molar-refractivity contribution in [2.24, 2.45) is 11.7 Å². The minimum Gasteiger partial charge on any atom is -0.341 e. The van der Waals surface area contributed by atoms with Crippen molar-refractivity contribution in [2.45, 2.75) is 44.6 Å². The van der Waals surface area contributed by atoms with Gasteiger partial charge >= 0.3 is 0 Å². The molecule has 5 nitrogen and oxygen atoms in total. The first-order valence-electron chi connectivity index (χ1n) is 9.51. The number of benzene rings is 1. The lowest BCUT2D eigenvalue weighted by Crippen LogP contribution is -2.54. The van der Waals surface area contributed by atoms with Gasteiger partial charge in [-0.25, -0.2) is 0 Å². The minimum atomic E-state index is -0.419. The number of hydrogen-bond donors (Lipinski definition) is 1. The summed E-state index contributed by atoms with van der Waals surface area (Å²) in [5.41, 5.74) is 6.59. The molecule has 0 radical (unpaired) electrons. The summed E-state index contributed by atoms with van der Waals surface area (Å²) >= 11 is 6.00. The predicted octanol–water partition coefficient (Wildman–Crippen LogP) is 2.92. The van der Waals surface area contributed by atoms with Crippen LogP contribution >= 0.6 is 11.6 Å². The summed E-state index contributed by atoms with van der Waals surface area (Å²) in [4.78, 5) is 29.5. The Morgan fingerprint density at radius 2 is 1.85 bits per heavy atom. The Bertz CT molecular complexity index is 677. The molecule has 1 heterocycles. The van der Waals surface area contributed by atoms with Crippen LogP contribution in [0, 0.1) is 5.92 Å².